The van der Waals surface area contributed by atoms with Crippen molar-refractivity contribution in [2.45, 2.75) is 25.9 Å². The number of methoxy groups -OCH3 is 1. The maximum absolute atomic E-state index is 5.92. The second kappa shape index (κ2) is 9.66. The lowest BCUT2D eigenvalue weighted by Gasteiger charge is -2.28. The predicted molar refractivity (Wildman–Crippen MR) is 150 cm³/mol. The van der Waals surface area contributed by atoms with Gasteiger partial charge in [-0.3, -0.25) is 4.98 Å². The zero-order valence-electron chi connectivity index (χ0n) is 21.3. The highest BCUT2D eigenvalue weighted by Gasteiger charge is 2.42. The Morgan fingerprint density at radius 3 is 2.39 bits per heavy atom. The molecule has 2 aromatic heterocycles. The minimum Gasteiger partial charge on any atom is -0.497 e. The molecule has 1 fully saturated rings. The Labute approximate surface area is 218 Å². The third-order valence-electron chi connectivity index (χ3n) is 6.84. The van der Waals surface area contributed by atoms with Gasteiger partial charge in [0.05, 0.1) is 24.9 Å². The van der Waals surface area contributed by atoms with Crippen molar-refractivity contribution in [2.75, 3.05) is 31.0 Å². The second-order valence-corrected chi connectivity index (χ2v) is 9.66. The van der Waals surface area contributed by atoms with Crippen molar-refractivity contribution in [2.24, 2.45) is 0 Å². The molecule has 4 aromatic rings. The quantitative estimate of drug-likeness (QED) is 0.343. The highest BCUT2D eigenvalue weighted by molar-refractivity contribution is 7.80. The van der Waals surface area contributed by atoms with E-state index in [0.29, 0.717) is 5.11 Å². The van der Waals surface area contributed by atoms with Gasteiger partial charge in [-0.15, -0.1) is 0 Å². The van der Waals surface area contributed by atoms with E-state index in [-0.39, 0.29) is 12.1 Å². The van der Waals surface area contributed by atoms with Gasteiger partial charge < -0.3 is 24.4 Å². The fraction of sp³-hybridized carbons (Fsp3) is 0.241. The molecule has 2 atom stereocenters. The Kier molecular flexibility index (Phi) is 6.41. The number of nitrogens with zero attached hydrogens (tertiary/aromatic N) is 4. The van der Waals surface area contributed by atoms with E-state index in [9.17, 15) is 0 Å². The van der Waals surface area contributed by atoms with E-state index in [2.05, 4.69) is 82.1 Å². The lowest BCUT2D eigenvalue weighted by molar-refractivity contribution is 0.414. The number of thiocarbonyl (C=S) groups is 1. The first-order valence-corrected chi connectivity index (χ1v) is 12.4. The molecule has 1 N–H and O–H groups in total. The first-order valence-electron chi connectivity index (χ1n) is 12.0. The van der Waals surface area contributed by atoms with Crippen molar-refractivity contribution in [1.29, 1.82) is 0 Å². The molecular weight excluding hydrogens is 466 g/mol. The number of aryl methyl sites for hydroxylation is 1. The molecule has 1 aliphatic heterocycles. The standard InChI is InChI=1S/C29H31N5OS/c1-19-17-25(20(2)33(19)23-9-8-10-24(18-23)35-5)28-27(26-11-6-7-16-30-26)31-29(36)34(28)22-14-12-21(13-15-22)32(3)4/h6-18,27-28H,1-5H3,(H,31,36)/t27-,28+/m1/s1. The van der Waals surface area contributed by atoms with Crippen LogP contribution >= 0.6 is 12.2 Å². The molecule has 6 nitrogen and oxygen atoms in total. The van der Waals surface area contributed by atoms with Gasteiger partial charge >= 0.3 is 0 Å². The van der Waals surface area contributed by atoms with Gasteiger partial charge in [0.15, 0.2) is 5.11 Å². The maximum atomic E-state index is 5.92. The second-order valence-electron chi connectivity index (χ2n) is 9.27. The molecule has 0 unspecified atom stereocenters. The third-order valence-corrected chi connectivity index (χ3v) is 7.16. The van der Waals surface area contributed by atoms with Crippen LogP contribution in [0.5, 0.6) is 5.75 Å². The van der Waals surface area contributed by atoms with Crippen LogP contribution in [0.15, 0.2) is 79.0 Å². The molecule has 1 aliphatic rings. The first-order chi connectivity index (χ1) is 17.4. The third kappa shape index (κ3) is 4.20. The highest BCUT2D eigenvalue weighted by Crippen LogP contribution is 2.44. The van der Waals surface area contributed by atoms with Gasteiger partial charge in [-0.25, -0.2) is 0 Å². The summed E-state index contributed by atoms with van der Waals surface area (Å²) in [4.78, 5) is 9.02. The molecule has 0 spiro atoms. The number of hydrogen-bond acceptors (Lipinski definition) is 4. The Morgan fingerprint density at radius 2 is 1.72 bits per heavy atom. The molecule has 2 aromatic carbocycles. The van der Waals surface area contributed by atoms with Crippen LogP contribution in [0, 0.1) is 13.8 Å². The summed E-state index contributed by atoms with van der Waals surface area (Å²) in [5.41, 5.74) is 7.74. The number of nitrogens with one attached hydrogen (secondary N) is 1. The van der Waals surface area contributed by atoms with E-state index in [1.165, 1.54) is 5.56 Å². The number of rotatable bonds is 6. The van der Waals surface area contributed by atoms with E-state index >= 15 is 0 Å². The van der Waals surface area contributed by atoms with Gasteiger partial charge in [0.2, 0.25) is 0 Å². The minimum atomic E-state index is -0.0912. The monoisotopic (exact) mass is 497 g/mol. The maximum Gasteiger partial charge on any atom is 0.174 e. The fourth-order valence-corrected chi connectivity index (χ4v) is 5.44. The smallest absolute Gasteiger partial charge is 0.174 e. The molecule has 0 saturated carbocycles. The number of aromatic nitrogens is 2. The van der Waals surface area contributed by atoms with Gasteiger partial charge in [-0.2, -0.15) is 0 Å². The Morgan fingerprint density at radius 1 is 0.944 bits per heavy atom. The van der Waals surface area contributed by atoms with E-state index in [4.69, 9.17) is 21.9 Å². The molecule has 3 heterocycles. The van der Waals surface area contributed by atoms with Crippen molar-refractivity contribution in [3.63, 3.8) is 0 Å². The molecule has 0 aliphatic carbocycles. The van der Waals surface area contributed by atoms with Crippen LogP contribution in [-0.4, -0.2) is 35.9 Å². The molecular formula is C29H31N5OS. The summed E-state index contributed by atoms with van der Waals surface area (Å²) >= 11 is 5.92. The summed E-state index contributed by atoms with van der Waals surface area (Å²) in [7, 11) is 5.79. The predicted octanol–water partition coefficient (Wildman–Crippen LogP) is 5.74. The van der Waals surface area contributed by atoms with Gasteiger partial charge in [-0.05, 0) is 86.2 Å². The van der Waals surface area contributed by atoms with Crippen LogP contribution < -0.4 is 19.9 Å². The number of benzene rings is 2. The number of pyridine rings is 1. The van der Waals surface area contributed by atoms with Crippen LogP contribution in [0.1, 0.15) is 34.7 Å². The van der Waals surface area contributed by atoms with Crippen molar-refractivity contribution < 1.29 is 4.74 Å². The summed E-state index contributed by atoms with van der Waals surface area (Å²) in [6.45, 7) is 4.31. The molecule has 0 bridgehead atoms. The zero-order chi connectivity index (χ0) is 25.4. The fourth-order valence-electron chi connectivity index (χ4n) is 5.09. The Hall–Kier alpha value is -3.84. The Bertz CT molecular complexity index is 1380. The van der Waals surface area contributed by atoms with Crippen LogP contribution in [-0.2, 0) is 0 Å². The summed E-state index contributed by atoms with van der Waals surface area (Å²) in [6, 6.07) is 24.8. The first kappa shape index (κ1) is 23.9. The van der Waals surface area contributed by atoms with Crippen molar-refractivity contribution in [1.82, 2.24) is 14.9 Å². The minimum absolute atomic E-state index is 0.0665. The molecule has 5 rings (SSSR count). The number of ether oxygens (including phenoxy) is 1. The van der Waals surface area contributed by atoms with Crippen LogP contribution in [0.25, 0.3) is 5.69 Å². The van der Waals surface area contributed by atoms with Crippen molar-refractivity contribution in [3.05, 3.63) is 102 Å². The molecule has 0 radical (unpaired) electrons. The SMILES string of the molecule is COc1cccc(-n2c(C)cc([C@H]3[C@@H](c4ccccn4)NC(=S)N3c3ccc(N(C)C)cc3)c2C)c1. The summed E-state index contributed by atoms with van der Waals surface area (Å²) in [5, 5.41) is 4.27. The van der Waals surface area contributed by atoms with Gasteiger partial charge in [0, 0.05) is 54.8 Å². The Balaban J connectivity index is 1.65. The lowest BCUT2D eigenvalue weighted by Crippen LogP contribution is -2.29. The number of anilines is 2. The van der Waals surface area contributed by atoms with E-state index < -0.39 is 0 Å². The number of hydrogen-bond donors (Lipinski definition) is 1. The van der Waals surface area contributed by atoms with Crippen LogP contribution in [0.2, 0.25) is 0 Å². The molecule has 184 valence electrons. The summed E-state index contributed by atoms with van der Waals surface area (Å²) in [6.07, 6.45) is 1.84. The van der Waals surface area contributed by atoms with Gasteiger partial charge in [0.1, 0.15) is 5.75 Å². The molecule has 0 amide bonds. The van der Waals surface area contributed by atoms with Crippen LogP contribution in [0.3, 0.4) is 0 Å². The summed E-state index contributed by atoms with van der Waals surface area (Å²) < 4.78 is 7.77. The highest BCUT2D eigenvalue weighted by atomic mass is 32.1. The van der Waals surface area contributed by atoms with Crippen molar-refractivity contribution >= 4 is 28.7 Å². The largest absolute Gasteiger partial charge is 0.497 e. The van der Waals surface area contributed by atoms with E-state index in [1.807, 2.05) is 44.6 Å². The average Bonchev–Trinajstić information content (AvgIpc) is 3.39. The average molecular weight is 498 g/mol. The zero-order valence-corrected chi connectivity index (χ0v) is 22.1. The molecule has 36 heavy (non-hydrogen) atoms. The van der Waals surface area contributed by atoms with E-state index in [0.717, 1.165) is 39.9 Å². The topological polar surface area (TPSA) is 45.6 Å². The van der Waals surface area contributed by atoms with E-state index in [1.54, 1.807) is 7.11 Å². The molecule has 7 heteroatoms. The van der Waals surface area contributed by atoms with Crippen LogP contribution in [0.4, 0.5) is 11.4 Å². The molecule has 1 saturated heterocycles. The van der Waals surface area contributed by atoms with Gasteiger partial charge in [0.25, 0.3) is 0 Å². The summed E-state index contributed by atoms with van der Waals surface area (Å²) in [5.74, 6) is 0.833. The normalized spacial score (nSPS) is 17.2. The van der Waals surface area contributed by atoms with Crippen molar-refractivity contribution in [3.8, 4) is 11.4 Å². The van der Waals surface area contributed by atoms with Gasteiger partial charge in [-0.1, -0.05) is 12.1 Å². The lowest BCUT2D eigenvalue weighted by atomic mass is 9.96.